The van der Waals surface area contributed by atoms with E-state index < -0.39 is 18.7 Å². The fourth-order valence-corrected chi connectivity index (χ4v) is 2.70. The lowest BCUT2D eigenvalue weighted by molar-refractivity contribution is -0.130. The lowest BCUT2D eigenvalue weighted by atomic mass is 10.1. The molecule has 0 aliphatic rings. The molecule has 0 saturated heterocycles. The number of aromatic nitrogens is 3. The van der Waals surface area contributed by atoms with Crippen LogP contribution in [0.5, 0.6) is 5.88 Å². The van der Waals surface area contributed by atoms with Gasteiger partial charge < -0.3 is 20.1 Å². The number of rotatable bonds is 6. The Labute approximate surface area is 153 Å². The van der Waals surface area contributed by atoms with E-state index in [4.69, 9.17) is 21.4 Å². The van der Waals surface area contributed by atoms with Gasteiger partial charge in [-0.05, 0) is 18.2 Å². The summed E-state index contributed by atoms with van der Waals surface area (Å²) >= 11 is 6.35. The topological polar surface area (TPSA) is 100 Å². The first-order valence-electron chi connectivity index (χ1n) is 7.71. The molecule has 136 valence electrons. The average molecular weight is 379 g/mol. The van der Waals surface area contributed by atoms with Crippen LogP contribution in [0, 0.1) is 0 Å². The summed E-state index contributed by atoms with van der Waals surface area (Å²) < 4.78 is 17.3. The van der Waals surface area contributed by atoms with Crippen molar-refractivity contribution in [3.8, 4) is 17.1 Å². The van der Waals surface area contributed by atoms with Gasteiger partial charge in [0, 0.05) is 22.2 Å². The number of aliphatic hydroxyl groups is 1. The predicted molar refractivity (Wildman–Crippen MR) is 94.7 cm³/mol. The summed E-state index contributed by atoms with van der Waals surface area (Å²) in [7, 11) is 1.51. The van der Waals surface area contributed by atoms with E-state index in [1.807, 2.05) is 12.1 Å². The third-order valence-corrected chi connectivity index (χ3v) is 4.09. The third-order valence-electron chi connectivity index (χ3n) is 3.78. The molecule has 0 aliphatic carbocycles. The number of fused-ring (bicyclic) bond motifs is 1. The summed E-state index contributed by atoms with van der Waals surface area (Å²) in [5.74, 6) is -0.363. The number of alkyl halides is 1. The Hall–Kier alpha value is -2.71. The standard InChI is InChI=1S/C17H16ClFN4O3/c1-26-16-8-20-14(7-21-16)11-4-13-9(3-12(11)18)2-10(23-13)6-22-17(25)15(24)5-19/h2-4,7-8,15,23-24H,5-6H2,1H3,(H,22,25)/t15-/m1/s1. The maximum absolute atomic E-state index is 12.3. The number of carbonyl (C=O) groups excluding carboxylic acids is 1. The number of benzene rings is 1. The highest BCUT2D eigenvalue weighted by Gasteiger charge is 2.15. The van der Waals surface area contributed by atoms with E-state index in [9.17, 15) is 9.18 Å². The first-order chi connectivity index (χ1) is 12.5. The van der Waals surface area contributed by atoms with E-state index in [0.29, 0.717) is 27.9 Å². The van der Waals surface area contributed by atoms with Crippen LogP contribution in [0.2, 0.25) is 5.02 Å². The number of H-pyrrole nitrogens is 1. The molecule has 0 radical (unpaired) electrons. The minimum atomic E-state index is -1.66. The highest BCUT2D eigenvalue weighted by atomic mass is 35.5. The predicted octanol–water partition coefficient (Wildman–Crippen LogP) is 2.23. The van der Waals surface area contributed by atoms with Crippen molar-refractivity contribution in [3.63, 3.8) is 0 Å². The SMILES string of the molecule is COc1cnc(-c2cc3[nH]c(CNC(=O)[C@H](O)CF)cc3cc2Cl)cn1. The van der Waals surface area contributed by atoms with E-state index in [-0.39, 0.29) is 6.54 Å². The number of halogens is 2. The van der Waals surface area contributed by atoms with E-state index >= 15 is 0 Å². The molecule has 0 unspecified atom stereocenters. The van der Waals surface area contributed by atoms with Crippen LogP contribution in [0.1, 0.15) is 5.69 Å². The molecule has 1 aromatic carbocycles. The quantitative estimate of drug-likeness (QED) is 0.610. The maximum atomic E-state index is 12.3. The van der Waals surface area contributed by atoms with Crippen molar-refractivity contribution in [2.24, 2.45) is 0 Å². The highest BCUT2D eigenvalue weighted by molar-refractivity contribution is 6.34. The first kappa shape index (κ1) is 18.1. The van der Waals surface area contributed by atoms with Gasteiger partial charge in [-0.25, -0.2) is 14.4 Å². The molecule has 3 aromatic rings. The number of nitrogens with one attached hydrogen (secondary N) is 2. The number of aromatic amines is 1. The number of aliphatic hydroxyl groups excluding tert-OH is 1. The lowest BCUT2D eigenvalue weighted by Gasteiger charge is -2.06. The largest absolute Gasteiger partial charge is 0.480 e. The first-order valence-corrected chi connectivity index (χ1v) is 8.09. The van der Waals surface area contributed by atoms with Gasteiger partial charge in [-0.15, -0.1) is 0 Å². The van der Waals surface area contributed by atoms with E-state index in [1.165, 1.54) is 13.3 Å². The van der Waals surface area contributed by atoms with Crippen molar-refractivity contribution in [1.29, 1.82) is 0 Å². The van der Waals surface area contributed by atoms with Crippen molar-refractivity contribution in [2.75, 3.05) is 13.8 Å². The molecular formula is C17H16ClFN4O3. The minimum absolute atomic E-state index is 0.125. The molecule has 2 aromatic heterocycles. The van der Waals surface area contributed by atoms with Crippen LogP contribution >= 0.6 is 11.6 Å². The fraction of sp³-hybridized carbons (Fsp3) is 0.235. The normalized spacial score (nSPS) is 12.2. The smallest absolute Gasteiger partial charge is 0.251 e. The number of methoxy groups -OCH3 is 1. The Morgan fingerprint density at radius 1 is 1.38 bits per heavy atom. The fourth-order valence-electron chi connectivity index (χ4n) is 2.44. The van der Waals surface area contributed by atoms with Crippen LogP contribution in [-0.2, 0) is 11.3 Å². The van der Waals surface area contributed by atoms with Gasteiger partial charge in [0.15, 0.2) is 6.10 Å². The van der Waals surface area contributed by atoms with Crippen molar-refractivity contribution >= 4 is 28.4 Å². The Morgan fingerprint density at radius 2 is 2.19 bits per heavy atom. The number of hydrogen-bond acceptors (Lipinski definition) is 5. The number of nitrogens with zero attached hydrogens (tertiary/aromatic N) is 2. The Bertz CT molecular complexity index is 930. The Kier molecular flexibility index (Phi) is 5.34. The van der Waals surface area contributed by atoms with Crippen molar-refractivity contribution in [2.45, 2.75) is 12.6 Å². The molecule has 3 rings (SSSR count). The van der Waals surface area contributed by atoms with Crippen molar-refractivity contribution < 1.29 is 19.0 Å². The second kappa shape index (κ2) is 7.67. The third kappa shape index (κ3) is 3.76. The number of ether oxygens (including phenoxy) is 1. The van der Waals surface area contributed by atoms with Crippen LogP contribution < -0.4 is 10.1 Å². The minimum Gasteiger partial charge on any atom is -0.480 e. The summed E-state index contributed by atoms with van der Waals surface area (Å²) in [4.78, 5) is 23.0. The molecule has 0 spiro atoms. The molecule has 7 nitrogen and oxygen atoms in total. The van der Waals surface area contributed by atoms with Gasteiger partial charge in [-0.1, -0.05) is 11.6 Å². The molecule has 0 aliphatic heterocycles. The van der Waals surface area contributed by atoms with E-state index in [2.05, 4.69) is 20.3 Å². The number of carbonyl (C=O) groups is 1. The molecule has 0 fully saturated rings. The summed E-state index contributed by atoms with van der Waals surface area (Å²) in [5.41, 5.74) is 2.76. The van der Waals surface area contributed by atoms with Gasteiger partial charge in [-0.3, -0.25) is 4.79 Å². The molecular weight excluding hydrogens is 363 g/mol. The second-order valence-electron chi connectivity index (χ2n) is 5.55. The molecule has 0 saturated carbocycles. The van der Waals surface area contributed by atoms with E-state index in [0.717, 1.165) is 10.9 Å². The molecule has 2 heterocycles. The zero-order valence-corrected chi connectivity index (χ0v) is 14.5. The molecule has 9 heteroatoms. The summed E-state index contributed by atoms with van der Waals surface area (Å²) in [6.07, 6.45) is 1.41. The van der Waals surface area contributed by atoms with Crippen LogP contribution in [0.25, 0.3) is 22.2 Å². The molecule has 26 heavy (non-hydrogen) atoms. The van der Waals surface area contributed by atoms with Crippen LogP contribution in [0.15, 0.2) is 30.6 Å². The monoisotopic (exact) mass is 378 g/mol. The Morgan fingerprint density at radius 3 is 2.85 bits per heavy atom. The average Bonchev–Trinajstić information content (AvgIpc) is 3.06. The van der Waals surface area contributed by atoms with Gasteiger partial charge in [0.2, 0.25) is 5.88 Å². The maximum Gasteiger partial charge on any atom is 0.251 e. The lowest BCUT2D eigenvalue weighted by Crippen LogP contribution is -2.35. The molecule has 1 atom stereocenters. The molecule has 0 bridgehead atoms. The van der Waals surface area contributed by atoms with Crippen LogP contribution in [0.3, 0.4) is 0 Å². The Balaban J connectivity index is 1.84. The summed E-state index contributed by atoms with van der Waals surface area (Å²) in [6.45, 7) is -1.000. The van der Waals surface area contributed by atoms with Gasteiger partial charge in [-0.2, -0.15) is 0 Å². The zero-order valence-electron chi connectivity index (χ0n) is 13.8. The van der Waals surface area contributed by atoms with Gasteiger partial charge in [0.05, 0.1) is 36.8 Å². The van der Waals surface area contributed by atoms with Gasteiger partial charge in [0.1, 0.15) is 6.67 Å². The van der Waals surface area contributed by atoms with Gasteiger partial charge >= 0.3 is 0 Å². The second-order valence-corrected chi connectivity index (χ2v) is 5.95. The van der Waals surface area contributed by atoms with Crippen LogP contribution in [0.4, 0.5) is 4.39 Å². The van der Waals surface area contributed by atoms with Crippen LogP contribution in [-0.4, -0.2) is 45.9 Å². The van der Waals surface area contributed by atoms with Crippen molar-refractivity contribution in [3.05, 3.63) is 41.3 Å². The van der Waals surface area contributed by atoms with Crippen molar-refractivity contribution in [1.82, 2.24) is 20.3 Å². The number of amides is 1. The summed E-state index contributed by atoms with van der Waals surface area (Å²) in [6, 6.07) is 5.42. The zero-order chi connectivity index (χ0) is 18.7. The highest BCUT2D eigenvalue weighted by Crippen LogP contribution is 2.31. The van der Waals surface area contributed by atoms with Gasteiger partial charge in [0.25, 0.3) is 5.91 Å². The molecule has 3 N–H and O–H groups in total. The van der Waals surface area contributed by atoms with E-state index in [1.54, 1.807) is 12.3 Å². The molecule has 1 amide bonds. The summed E-state index contributed by atoms with van der Waals surface area (Å²) in [5, 5.41) is 12.9. The number of hydrogen-bond donors (Lipinski definition) is 3.